The third-order valence-corrected chi connectivity index (χ3v) is 2.86. The Balaban J connectivity index is 2.07. The van der Waals surface area contributed by atoms with E-state index in [1.54, 1.807) is 18.3 Å². The van der Waals surface area contributed by atoms with Gasteiger partial charge in [0.2, 0.25) is 0 Å². The highest BCUT2D eigenvalue weighted by Crippen LogP contribution is 2.31. The van der Waals surface area contributed by atoms with E-state index in [1.165, 1.54) is 10.6 Å². The first-order valence-corrected chi connectivity index (χ1v) is 6.14. The normalized spacial score (nSPS) is 11.4. The average molecular weight is 300 g/mol. The summed E-state index contributed by atoms with van der Waals surface area (Å²) >= 11 is 0. The van der Waals surface area contributed by atoms with Gasteiger partial charge in [0.1, 0.15) is 5.82 Å². The number of hydrogen-bond donors (Lipinski definition) is 1. The summed E-state index contributed by atoms with van der Waals surface area (Å²) in [4.78, 5) is 11.4. The van der Waals surface area contributed by atoms with Gasteiger partial charge in [-0.1, -0.05) is 6.07 Å². The molecule has 2 rings (SSSR count). The van der Waals surface area contributed by atoms with Crippen LogP contribution < -0.4 is 10.9 Å². The predicted octanol–water partition coefficient (Wildman–Crippen LogP) is 3.12. The standard InChI is InChI=1S/C14H12F4N2O/c15-11-5-4-10(14(16,17)18)9-12(11)19-6-8-20-7-2-1-3-13(20)21/h1-5,7,9,19H,6,8H2. The van der Waals surface area contributed by atoms with Crippen molar-refractivity contribution in [3.8, 4) is 0 Å². The number of nitrogens with one attached hydrogen (secondary N) is 1. The summed E-state index contributed by atoms with van der Waals surface area (Å²) in [5.74, 6) is -0.775. The molecule has 3 nitrogen and oxygen atoms in total. The van der Waals surface area contributed by atoms with Crippen LogP contribution in [0.3, 0.4) is 0 Å². The Morgan fingerprint density at radius 3 is 2.57 bits per heavy atom. The SMILES string of the molecule is O=c1ccccn1CCNc1cc(C(F)(F)F)ccc1F. The van der Waals surface area contributed by atoms with E-state index in [9.17, 15) is 22.4 Å². The van der Waals surface area contributed by atoms with Crippen LogP contribution in [0.5, 0.6) is 0 Å². The second kappa shape index (κ2) is 5.99. The molecule has 1 N–H and O–H groups in total. The summed E-state index contributed by atoms with van der Waals surface area (Å²) in [5, 5.41) is 2.57. The molecular weight excluding hydrogens is 288 g/mol. The zero-order valence-electron chi connectivity index (χ0n) is 10.8. The molecule has 1 aromatic carbocycles. The van der Waals surface area contributed by atoms with Crippen molar-refractivity contribution in [3.05, 3.63) is 64.3 Å². The zero-order chi connectivity index (χ0) is 15.5. The van der Waals surface area contributed by atoms with E-state index in [-0.39, 0.29) is 24.3 Å². The summed E-state index contributed by atoms with van der Waals surface area (Å²) < 4.78 is 52.5. The number of aromatic nitrogens is 1. The lowest BCUT2D eigenvalue weighted by molar-refractivity contribution is -0.137. The Morgan fingerprint density at radius 2 is 1.90 bits per heavy atom. The van der Waals surface area contributed by atoms with Gasteiger partial charge in [-0.05, 0) is 24.3 Å². The summed E-state index contributed by atoms with van der Waals surface area (Å²) in [6.07, 6.45) is -2.98. The van der Waals surface area contributed by atoms with E-state index in [0.29, 0.717) is 12.1 Å². The van der Waals surface area contributed by atoms with Crippen molar-refractivity contribution in [2.45, 2.75) is 12.7 Å². The van der Waals surface area contributed by atoms with Gasteiger partial charge in [-0.2, -0.15) is 13.2 Å². The number of rotatable bonds is 4. The molecule has 0 bridgehead atoms. The summed E-state index contributed by atoms with van der Waals surface area (Å²) in [6.45, 7) is 0.345. The van der Waals surface area contributed by atoms with Crippen LogP contribution in [-0.2, 0) is 12.7 Å². The van der Waals surface area contributed by atoms with Gasteiger partial charge in [0.15, 0.2) is 0 Å². The van der Waals surface area contributed by atoms with Crippen molar-refractivity contribution in [2.75, 3.05) is 11.9 Å². The number of benzene rings is 1. The lowest BCUT2D eigenvalue weighted by Gasteiger charge is -2.12. The van der Waals surface area contributed by atoms with Crippen LogP contribution in [0.2, 0.25) is 0 Å². The second-order valence-electron chi connectivity index (χ2n) is 4.35. The van der Waals surface area contributed by atoms with Crippen molar-refractivity contribution in [3.63, 3.8) is 0 Å². The van der Waals surface area contributed by atoms with Gasteiger partial charge >= 0.3 is 6.18 Å². The number of halogens is 4. The summed E-state index contributed by atoms with van der Waals surface area (Å²) in [5.41, 5.74) is -1.40. The van der Waals surface area contributed by atoms with Crippen LogP contribution in [0, 0.1) is 5.82 Å². The summed E-state index contributed by atoms with van der Waals surface area (Å²) in [7, 11) is 0. The Labute approximate surface area is 117 Å². The first-order chi connectivity index (χ1) is 9.88. The lowest BCUT2D eigenvalue weighted by atomic mass is 10.2. The molecule has 7 heteroatoms. The summed E-state index contributed by atoms with van der Waals surface area (Å²) in [6, 6.07) is 6.76. The van der Waals surface area contributed by atoms with E-state index < -0.39 is 17.6 Å². The molecule has 2 aromatic rings. The van der Waals surface area contributed by atoms with Gasteiger partial charge in [0, 0.05) is 25.4 Å². The van der Waals surface area contributed by atoms with Crippen LogP contribution in [-0.4, -0.2) is 11.1 Å². The minimum Gasteiger partial charge on any atom is -0.381 e. The third kappa shape index (κ3) is 3.84. The van der Waals surface area contributed by atoms with Crippen molar-refractivity contribution in [1.82, 2.24) is 4.57 Å². The number of alkyl halides is 3. The van der Waals surface area contributed by atoms with Crippen LogP contribution in [0.4, 0.5) is 23.2 Å². The molecule has 0 unspecified atom stereocenters. The van der Waals surface area contributed by atoms with E-state index in [0.717, 1.165) is 6.07 Å². The maximum absolute atomic E-state index is 13.5. The number of pyridine rings is 1. The van der Waals surface area contributed by atoms with Gasteiger partial charge in [-0.15, -0.1) is 0 Å². The van der Waals surface area contributed by atoms with Crippen LogP contribution >= 0.6 is 0 Å². The van der Waals surface area contributed by atoms with E-state index in [1.807, 2.05) is 0 Å². The highest BCUT2D eigenvalue weighted by Gasteiger charge is 2.31. The molecule has 0 aliphatic carbocycles. The maximum Gasteiger partial charge on any atom is 0.416 e. The Morgan fingerprint density at radius 1 is 1.14 bits per heavy atom. The average Bonchev–Trinajstić information content (AvgIpc) is 2.41. The van der Waals surface area contributed by atoms with Gasteiger partial charge in [0.05, 0.1) is 11.3 Å². The predicted molar refractivity (Wildman–Crippen MR) is 70.6 cm³/mol. The molecule has 0 aliphatic rings. The Hall–Kier alpha value is -2.31. The third-order valence-electron chi connectivity index (χ3n) is 2.86. The van der Waals surface area contributed by atoms with Crippen LogP contribution in [0.25, 0.3) is 0 Å². The number of hydrogen-bond acceptors (Lipinski definition) is 2. The highest BCUT2D eigenvalue weighted by molar-refractivity contribution is 5.48. The number of nitrogens with zero attached hydrogens (tertiary/aromatic N) is 1. The van der Waals surface area contributed by atoms with Crippen molar-refractivity contribution in [2.24, 2.45) is 0 Å². The molecule has 0 aliphatic heterocycles. The largest absolute Gasteiger partial charge is 0.416 e. The minimum absolute atomic E-state index is 0.127. The van der Waals surface area contributed by atoms with Crippen molar-refractivity contribution < 1.29 is 17.6 Å². The minimum atomic E-state index is -4.53. The lowest BCUT2D eigenvalue weighted by Crippen LogP contribution is -2.22. The monoisotopic (exact) mass is 300 g/mol. The fourth-order valence-corrected chi connectivity index (χ4v) is 1.79. The quantitative estimate of drug-likeness (QED) is 0.880. The van der Waals surface area contributed by atoms with Gasteiger partial charge in [-0.3, -0.25) is 4.79 Å². The zero-order valence-corrected chi connectivity index (χ0v) is 10.8. The Kier molecular flexibility index (Phi) is 4.30. The first kappa shape index (κ1) is 15.1. The van der Waals surface area contributed by atoms with E-state index >= 15 is 0 Å². The molecule has 0 fully saturated rings. The maximum atomic E-state index is 13.5. The molecule has 0 atom stereocenters. The van der Waals surface area contributed by atoms with Crippen LogP contribution in [0.1, 0.15) is 5.56 Å². The van der Waals surface area contributed by atoms with Crippen molar-refractivity contribution >= 4 is 5.69 Å². The molecule has 1 heterocycles. The number of anilines is 1. The molecule has 21 heavy (non-hydrogen) atoms. The molecule has 0 amide bonds. The molecule has 0 radical (unpaired) electrons. The molecule has 0 saturated heterocycles. The molecular formula is C14H12F4N2O. The van der Waals surface area contributed by atoms with Crippen LogP contribution in [0.15, 0.2) is 47.4 Å². The van der Waals surface area contributed by atoms with Gasteiger partial charge in [0.25, 0.3) is 5.56 Å². The van der Waals surface area contributed by atoms with E-state index in [2.05, 4.69) is 5.32 Å². The molecule has 112 valence electrons. The van der Waals surface area contributed by atoms with E-state index in [4.69, 9.17) is 0 Å². The smallest absolute Gasteiger partial charge is 0.381 e. The second-order valence-corrected chi connectivity index (χ2v) is 4.35. The van der Waals surface area contributed by atoms with Gasteiger partial charge in [-0.25, -0.2) is 4.39 Å². The first-order valence-electron chi connectivity index (χ1n) is 6.14. The topological polar surface area (TPSA) is 34.0 Å². The van der Waals surface area contributed by atoms with Gasteiger partial charge < -0.3 is 9.88 Å². The fourth-order valence-electron chi connectivity index (χ4n) is 1.79. The Bertz CT molecular complexity index is 679. The van der Waals surface area contributed by atoms with Crippen molar-refractivity contribution in [1.29, 1.82) is 0 Å². The molecule has 0 saturated carbocycles. The highest BCUT2D eigenvalue weighted by atomic mass is 19.4. The molecule has 0 spiro atoms. The fraction of sp³-hybridized carbons (Fsp3) is 0.214. The molecule has 1 aromatic heterocycles.